The summed E-state index contributed by atoms with van der Waals surface area (Å²) in [5.41, 5.74) is 0. The monoisotopic (exact) mass is 269 g/mol. The Labute approximate surface area is 96.1 Å². The highest BCUT2D eigenvalue weighted by Crippen LogP contribution is 2.35. The highest BCUT2D eigenvalue weighted by molar-refractivity contribution is 7.46. The van der Waals surface area contributed by atoms with Gasteiger partial charge in [-0.2, -0.15) is 5.26 Å². The number of phosphoric acid groups is 1. The van der Waals surface area contributed by atoms with Crippen LogP contribution in [-0.2, 0) is 13.9 Å². The first-order valence-corrected chi connectivity index (χ1v) is 5.86. The first kappa shape index (κ1) is 16.1. The van der Waals surface area contributed by atoms with Crippen LogP contribution in [0.4, 0.5) is 0 Å². The molecule has 0 aliphatic heterocycles. The van der Waals surface area contributed by atoms with E-state index in [-0.39, 0.29) is 0 Å². The smallest absolute Gasteiger partial charge is 0.389 e. The third-order valence-electron chi connectivity index (χ3n) is 1.72. The van der Waals surface area contributed by atoms with Crippen molar-refractivity contribution in [3.63, 3.8) is 0 Å². The molecule has 0 spiro atoms. The Morgan fingerprint density at radius 2 is 1.88 bits per heavy atom. The van der Waals surface area contributed by atoms with Crippen molar-refractivity contribution in [2.45, 2.75) is 24.7 Å². The van der Waals surface area contributed by atoms with Gasteiger partial charge in [0.25, 0.3) is 0 Å². The van der Waals surface area contributed by atoms with Gasteiger partial charge in [0, 0.05) is 0 Å². The Bertz CT molecular complexity index is 346. The molecule has 0 fully saturated rings. The lowest BCUT2D eigenvalue weighted by atomic mass is 10.0. The summed E-state index contributed by atoms with van der Waals surface area (Å²) >= 11 is 0. The van der Waals surface area contributed by atoms with Crippen LogP contribution in [-0.4, -0.2) is 55.8 Å². The van der Waals surface area contributed by atoms with E-state index in [0.29, 0.717) is 0 Å². The number of aliphatic hydroxyl groups is 3. The lowest BCUT2D eigenvalue weighted by Gasteiger charge is -2.20. The molecule has 98 valence electrons. The number of carbonyl (C=O) groups is 1. The highest BCUT2D eigenvalue weighted by Gasteiger charge is 2.31. The third kappa shape index (κ3) is 6.45. The van der Waals surface area contributed by atoms with Crippen molar-refractivity contribution >= 4 is 13.6 Å². The molecule has 0 aromatic carbocycles. The van der Waals surface area contributed by atoms with Gasteiger partial charge in [0.15, 0.2) is 5.78 Å². The quantitative estimate of drug-likeness (QED) is 0.318. The number of carbonyl (C=O) groups excluding carboxylic acids is 1. The van der Waals surface area contributed by atoms with Gasteiger partial charge >= 0.3 is 7.82 Å². The lowest BCUT2D eigenvalue weighted by molar-refractivity contribution is -0.140. The molecule has 5 N–H and O–H groups in total. The number of hydrogen-bond acceptors (Lipinski definition) is 7. The van der Waals surface area contributed by atoms with Gasteiger partial charge in [-0.05, 0) is 0 Å². The number of phosphoric ester groups is 1. The summed E-state index contributed by atoms with van der Waals surface area (Å²) < 4.78 is 14.0. The molecule has 2 unspecified atom stereocenters. The number of aliphatic hydroxyl groups excluding tert-OH is 3. The predicted molar refractivity (Wildman–Crippen MR) is 51.3 cm³/mol. The molecule has 0 aromatic heterocycles. The van der Waals surface area contributed by atoms with E-state index in [1.54, 1.807) is 0 Å². The van der Waals surface area contributed by atoms with E-state index < -0.39 is 44.9 Å². The van der Waals surface area contributed by atoms with Gasteiger partial charge in [0.05, 0.1) is 18.6 Å². The summed E-state index contributed by atoms with van der Waals surface area (Å²) in [5.74, 6) is -1.22. The van der Waals surface area contributed by atoms with Gasteiger partial charge in [-0.15, -0.1) is 0 Å². The van der Waals surface area contributed by atoms with E-state index in [4.69, 9.17) is 20.2 Å². The van der Waals surface area contributed by atoms with E-state index >= 15 is 0 Å². The standard InChI is InChI=1S/C7H12NO8P/c8-2-1-4(9)6(11)7(12)5(10)3-16-17(13,14)15/h4,6-7,9,11-12H,1,3H2,(H2,13,14,15)/t4-,6?,7?/m1/s1. The second-order valence-electron chi connectivity index (χ2n) is 3.10. The Kier molecular flexibility index (Phi) is 6.44. The van der Waals surface area contributed by atoms with E-state index in [1.165, 1.54) is 6.07 Å². The molecular weight excluding hydrogens is 257 g/mol. The summed E-state index contributed by atoms with van der Waals surface area (Å²) in [7, 11) is -4.85. The molecule has 0 aliphatic rings. The van der Waals surface area contributed by atoms with Crippen molar-refractivity contribution in [1.82, 2.24) is 0 Å². The average molecular weight is 269 g/mol. The van der Waals surface area contributed by atoms with Crippen LogP contribution in [0.2, 0.25) is 0 Å². The maximum absolute atomic E-state index is 11.1. The minimum absolute atomic E-state index is 0.509. The van der Waals surface area contributed by atoms with Crippen LogP contribution in [0.15, 0.2) is 0 Å². The molecule has 0 bridgehead atoms. The van der Waals surface area contributed by atoms with Gasteiger partial charge in [-0.25, -0.2) is 4.57 Å². The Hall–Kier alpha value is -0.850. The van der Waals surface area contributed by atoms with Crippen LogP contribution in [0.5, 0.6) is 0 Å². The fraction of sp³-hybridized carbons (Fsp3) is 0.714. The van der Waals surface area contributed by atoms with Crippen molar-refractivity contribution in [2.75, 3.05) is 6.61 Å². The Balaban J connectivity index is 4.31. The van der Waals surface area contributed by atoms with Crippen LogP contribution in [0, 0.1) is 11.3 Å². The normalized spacial score (nSPS) is 16.9. The van der Waals surface area contributed by atoms with E-state index in [2.05, 4.69) is 4.52 Å². The minimum Gasteiger partial charge on any atom is -0.389 e. The molecule has 0 heterocycles. The zero-order valence-electron chi connectivity index (χ0n) is 8.50. The molecule has 10 heteroatoms. The largest absolute Gasteiger partial charge is 0.470 e. The molecule has 0 radical (unpaired) electrons. The van der Waals surface area contributed by atoms with Crippen LogP contribution in [0.1, 0.15) is 6.42 Å². The first-order valence-electron chi connectivity index (χ1n) is 4.33. The molecule has 9 nitrogen and oxygen atoms in total. The van der Waals surface area contributed by atoms with Crippen LogP contribution >= 0.6 is 7.82 Å². The number of nitriles is 1. The van der Waals surface area contributed by atoms with Gasteiger partial charge in [-0.3, -0.25) is 9.32 Å². The van der Waals surface area contributed by atoms with Crippen LogP contribution in [0.3, 0.4) is 0 Å². The van der Waals surface area contributed by atoms with Gasteiger partial charge in [-0.1, -0.05) is 0 Å². The molecule has 0 aromatic rings. The fourth-order valence-corrected chi connectivity index (χ4v) is 1.14. The van der Waals surface area contributed by atoms with Crippen molar-refractivity contribution < 1.29 is 39.0 Å². The Morgan fingerprint density at radius 1 is 1.35 bits per heavy atom. The summed E-state index contributed by atoms with van der Waals surface area (Å²) in [5, 5.41) is 35.7. The minimum atomic E-state index is -4.85. The summed E-state index contributed by atoms with van der Waals surface area (Å²) in [6, 6.07) is 1.51. The Morgan fingerprint density at radius 3 is 2.29 bits per heavy atom. The maximum atomic E-state index is 11.1. The van der Waals surface area contributed by atoms with E-state index in [0.717, 1.165) is 0 Å². The first-order chi connectivity index (χ1) is 7.69. The molecule has 0 saturated heterocycles. The van der Waals surface area contributed by atoms with Gasteiger partial charge in [0.1, 0.15) is 18.8 Å². The van der Waals surface area contributed by atoms with E-state index in [1.807, 2.05) is 0 Å². The van der Waals surface area contributed by atoms with Crippen LogP contribution in [0.25, 0.3) is 0 Å². The topological polar surface area (TPSA) is 168 Å². The van der Waals surface area contributed by atoms with E-state index in [9.17, 15) is 19.6 Å². The summed E-state index contributed by atoms with van der Waals surface area (Å²) in [6.45, 7) is -1.12. The number of Topliss-reactive ketones (excluding diaryl/α,β-unsaturated/α-hetero) is 1. The second kappa shape index (κ2) is 6.78. The second-order valence-corrected chi connectivity index (χ2v) is 4.33. The SMILES string of the molecule is N#CC[C@@H](O)C(O)C(O)C(=O)COP(=O)(O)O. The van der Waals surface area contributed by atoms with Crippen molar-refractivity contribution in [3.05, 3.63) is 0 Å². The summed E-state index contributed by atoms with van der Waals surface area (Å²) in [6.07, 6.45) is -6.17. The third-order valence-corrected chi connectivity index (χ3v) is 2.19. The molecule has 17 heavy (non-hydrogen) atoms. The van der Waals surface area contributed by atoms with Crippen molar-refractivity contribution in [3.8, 4) is 6.07 Å². The molecule has 3 atom stereocenters. The molecule has 0 aliphatic carbocycles. The summed E-state index contributed by atoms with van der Waals surface area (Å²) in [4.78, 5) is 27.6. The maximum Gasteiger partial charge on any atom is 0.470 e. The zero-order chi connectivity index (χ0) is 13.6. The van der Waals surface area contributed by atoms with Crippen molar-refractivity contribution in [2.24, 2.45) is 0 Å². The van der Waals surface area contributed by atoms with Gasteiger partial charge < -0.3 is 25.1 Å². The molecule has 0 saturated carbocycles. The number of rotatable bonds is 7. The number of nitrogens with zero attached hydrogens (tertiary/aromatic N) is 1. The number of ketones is 1. The molecule has 0 amide bonds. The zero-order valence-corrected chi connectivity index (χ0v) is 9.40. The fourth-order valence-electron chi connectivity index (χ4n) is 0.848. The van der Waals surface area contributed by atoms with Crippen LogP contribution < -0.4 is 0 Å². The predicted octanol–water partition coefficient (Wildman–Crippen LogP) is -2.34. The molecular formula is C7H12NO8P. The highest BCUT2D eigenvalue weighted by atomic mass is 31.2. The number of hydrogen-bond donors (Lipinski definition) is 5. The van der Waals surface area contributed by atoms with Gasteiger partial charge in [0.2, 0.25) is 0 Å². The van der Waals surface area contributed by atoms with Crippen molar-refractivity contribution in [1.29, 1.82) is 5.26 Å². The average Bonchev–Trinajstić information content (AvgIpc) is 2.23. The lowest BCUT2D eigenvalue weighted by Crippen LogP contribution is -2.43. The molecule has 0 rings (SSSR count).